The van der Waals surface area contributed by atoms with Crippen molar-refractivity contribution in [3.63, 3.8) is 0 Å². The second-order valence-electron chi connectivity index (χ2n) is 19.7. The van der Waals surface area contributed by atoms with Crippen molar-refractivity contribution in [1.29, 1.82) is 0 Å². The predicted molar refractivity (Wildman–Crippen MR) is 270 cm³/mol. The SMILES string of the molecule is C=C/C=C(/N=C(N=C(C)C1=CC=CC(c2ccc(C3=C(C)C=CCC3C3CCC4C=CCCC4(C)C3)cc2)C1)C1C=CC(c2ccccc2)CC1)C1=CCC(C2=CC=CCC2)C=C1. The number of allylic oxidation sites excluding steroid dienone is 20. The molecule has 0 amide bonds. The smallest absolute Gasteiger partial charge is 0.136 e. The Hall–Kier alpha value is -5.34. The van der Waals surface area contributed by atoms with Crippen molar-refractivity contribution >= 4 is 17.1 Å². The van der Waals surface area contributed by atoms with Crippen LogP contribution in [0.4, 0.5) is 0 Å². The van der Waals surface area contributed by atoms with Gasteiger partial charge in [-0.25, -0.2) is 9.98 Å². The van der Waals surface area contributed by atoms with Gasteiger partial charge in [-0.15, -0.1) is 0 Å². The predicted octanol–water partition coefficient (Wildman–Crippen LogP) is 16.2. The van der Waals surface area contributed by atoms with Gasteiger partial charge in [0, 0.05) is 29.4 Å². The summed E-state index contributed by atoms with van der Waals surface area (Å²) in [5, 5.41) is 0. The molecule has 1 fully saturated rings. The van der Waals surface area contributed by atoms with E-state index in [1.807, 2.05) is 6.08 Å². The number of benzene rings is 2. The molecule has 2 aromatic rings. The van der Waals surface area contributed by atoms with E-state index in [-0.39, 0.29) is 5.92 Å². The first-order chi connectivity index (χ1) is 30.8. The maximum Gasteiger partial charge on any atom is 0.136 e. The van der Waals surface area contributed by atoms with Crippen LogP contribution in [-0.2, 0) is 0 Å². The fraction of sp³-hybridized carbons (Fsp3) is 0.377. The highest BCUT2D eigenvalue weighted by Crippen LogP contribution is 2.54. The lowest BCUT2D eigenvalue weighted by Crippen LogP contribution is -2.38. The molecule has 0 bridgehead atoms. The molecule has 8 unspecified atom stereocenters. The van der Waals surface area contributed by atoms with Crippen LogP contribution < -0.4 is 0 Å². The summed E-state index contributed by atoms with van der Waals surface area (Å²) in [6.07, 6.45) is 53.3. The van der Waals surface area contributed by atoms with Crippen molar-refractivity contribution < 1.29 is 0 Å². The van der Waals surface area contributed by atoms with Gasteiger partial charge in [-0.1, -0.05) is 171 Å². The van der Waals surface area contributed by atoms with Crippen LogP contribution in [0.25, 0.3) is 5.57 Å². The first kappa shape index (κ1) is 42.9. The summed E-state index contributed by atoms with van der Waals surface area (Å²) in [4.78, 5) is 10.9. The van der Waals surface area contributed by atoms with Gasteiger partial charge in [-0.2, -0.15) is 0 Å². The number of hydrogen-bond donors (Lipinski definition) is 0. The van der Waals surface area contributed by atoms with Crippen molar-refractivity contribution in [3.8, 4) is 0 Å². The van der Waals surface area contributed by atoms with Crippen molar-refractivity contribution in [3.05, 3.63) is 209 Å². The fourth-order valence-electron chi connectivity index (χ4n) is 12.0. The van der Waals surface area contributed by atoms with E-state index in [4.69, 9.17) is 9.98 Å². The number of amidine groups is 1. The Kier molecular flexibility index (Phi) is 13.4. The molecule has 7 aliphatic rings. The molecule has 63 heavy (non-hydrogen) atoms. The zero-order chi connectivity index (χ0) is 43.2. The van der Waals surface area contributed by atoms with E-state index < -0.39 is 0 Å². The molecule has 322 valence electrons. The van der Waals surface area contributed by atoms with Crippen molar-refractivity contribution in [2.75, 3.05) is 0 Å². The fourth-order valence-corrected chi connectivity index (χ4v) is 12.0. The van der Waals surface area contributed by atoms with Gasteiger partial charge in [-0.3, -0.25) is 0 Å². The quantitative estimate of drug-likeness (QED) is 0.0986. The second-order valence-corrected chi connectivity index (χ2v) is 19.7. The lowest BCUT2D eigenvalue weighted by Gasteiger charge is -2.48. The highest BCUT2D eigenvalue weighted by molar-refractivity contribution is 6.07. The molecular formula is C61H68N2. The van der Waals surface area contributed by atoms with Gasteiger partial charge >= 0.3 is 0 Å². The highest BCUT2D eigenvalue weighted by atomic mass is 14.9. The molecule has 2 aromatic carbocycles. The van der Waals surface area contributed by atoms with E-state index in [9.17, 15) is 0 Å². The average Bonchev–Trinajstić information content (AvgIpc) is 3.34. The molecule has 0 spiro atoms. The third-order valence-corrected chi connectivity index (χ3v) is 15.7. The van der Waals surface area contributed by atoms with Crippen LogP contribution in [-0.4, -0.2) is 11.5 Å². The van der Waals surface area contributed by atoms with E-state index in [2.05, 4.69) is 179 Å². The molecule has 8 atom stereocenters. The molecular weight excluding hydrogens is 761 g/mol. The Morgan fingerprint density at radius 1 is 0.762 bits per heavy atom. The van der Waals surface area contributed by atoms with Crippen LogP contribution >= 0.6 is 0 Å². The Bertz CT molecular complexity index is 2430. The zero-order valence-electron chi connectivity index (χ0n) is 38.1. The maximum absolute atomic E-state index is 5.48. The van der Waals surface area contributed by atoms with Gasteiger partial charge in [0.25, 0.3) is 0 Å². The molecule has 0 radical (unpaired) electrons. The standard InChI is InChI=1S/C61H68N2/c1-5-16-58(50-32-26-47(27-33-50)45-18-8-6-9-19-45)63-60(52-36-30-48(31-37-52)46-20-10-7-11-21-46)62-44(3)53-22-15-23-54(41-53)49-28-34-51(35-29-49)59-43(2)17-14-25-57(59)55-38-39-56-24-12-13-40-61(56,4)42-55/h5-8,10-12,14-18,20-24,26,28-30,32-36,47-48,52,54-57H,1,9,13,19,25,27,31,37-42H2,2-4H3/b58-16+,62-44?,63-60?. The van der Waals surface area contributed by atoms with E-state index in [0.29, 0.717) is 29.1 Å². The minimum atomic E-state index is 0.130. The Balaban J connectivity index is 0.943. The highest BCUT2D eigenvalue weighted by Gasteiger charge is 2.43. The number of nitrogens with zero attached hydrogens (tertiary/aromatic N) is 2. The first-order valence-electron chi connectivity index (χ1n) is 24.3. The van der Waals surface area contributed by atoms with Crippen molar-refractivity contribution in [2.24, 2.45) is 45.0 Å². The molecule has 0 heterocycles. The van der Waals surface area contributed by atoms with Crippen molar-refractivity contribution in [1.82, 2.24) is 0 Å². The third-order valence-electron chi connectivity index (χ3n) is 15.7. The van der Waals surface area contributed by atoms with Gasteiger partial charge in [0.15, 0.2) is 0 Å². The Morgan fingerprint density at radius 3 is 2.38 bits per heavy atom. The second kappa shape index (κ2) is 19.6. The van der Waals surface area contributed by atoms with Crippen LogP contribution in [0, 0.1) is 35.0 Å². The molecule has 9 rings (SSSR count). The summed E-state index contributed by atoms with van der Waals surface area (Å²) in [5.74, 6) is 4.30. The lowest BCUT2D eigenvalue weighted by atomic mass is 9.57. The molecule has 0 aliphatic heterocycles. The van der Waals surface area contributed by atoms with Gasteiger partial charge in [-0.05, 0) is 159 Å². The van der Waals surface area contributed by atoms with E-state index >= 15 is 0 Å². The van der Waals surface area contributed by atoms with Gasteiger partial charge in [0.05, 0.1) is 5.70 Å². The van der Waals surface area contributed by atoms with Crippen LogP contribution in [0.5, 0.6) is 0 Å². The van der Waals surface area contributed by atoms with Crippen LogP contribution in [0.15, 0.2) is 202 Å². The lowest BCUT2D eigenvalue weighted by molar-refractivity contribution is 0.0742. The average molecular weight is 829 g/mol. The summed E-state index contributed by atoms with van der Waals surface area (Å²) in [6, 6.07) is 20.6. The van der Waals surface area contributed by atoms with Crippen LogP contribution in [0.3, 0.4) is 0 Å². The Labute approximate surface area is 379 Å². The molecule has 0 aromatic heterocycles. The summed E-state index contributed by atoms with van der Waals surface area (Å²) < 4.78 is 0. The molecule has 2 heteroatoms. The van der Waals surface area contributed by atoms with Crippen LogP contribution in [0.1, 0.15) is 126 Å². The Morgan fingerprint density at radius 2 is 1.62 bits per heavy atom. The zero-order valence-corrected chi connectivity index (χ0v) is 38.1. The van der Waals surface area contributed by atoms with Gasteiger partial charge < -0.3 is 0 Å². The van der Waals surface area contributed by atoms with E-state index in [0.717, 1.165) is 73.2 Å². The number of fused-ring (bicyclic) bond motifs is 1. The van der Waals surface area contributed by atoms with E-state index in [1.54, 1.807) is 5.57 Å². The molecule has 7 aliphatic carbocycles. The molecule has 0 N–H and O–H groups in total. The molecule has 2 nitrogen and oxygen atoms in total. The minimum Gasteiger partial charge on any atom is -0.237 e. The van der Waals surface area contributed by atoms with E-state index in [1.165, 1.54) is 71.9 Å². The molecule has 1 saturated carbocycles. The molecule has 0 saturated heterocycles. The summed E-state index contributed by atoms with van der Waals surface area (Å²) in [6.45, 7) is 11.2. The summed E-state index contributed by atoms with van der Waals surface area (Å²) >= 11 is 0. The number of aliphatic imine (C=N–C) groups is 2. The topological polar surface area (TPSA) is 24.7 Å². The number of hydrogen-bond acceptors (Lipinski definition) is 1. The van der Waals surface area contributed by atoms with Gasteiger partial charge in [0.2, 0.25) is 0 Å². The number of rotatable bonds is 10. The van der Waals surface area contributed by atoms with Crippen LogP contribution in [0.2, 0.25) is 0 Å². The monoisotopic (exact) mass is 829 g/mol. The first-order valence-corrected chi connectivity index (χ1v) is 24.3. The van der Waals surface area contributed by atoms with Crippen molar-refractivity contribution in [2.45, 2.75) is 110 Å². The van der Waals surface area contributed by atoms with Gasteiger partial charge in [0.1, 0.15) is 5.84 Å². The normalized spacial score (nSPS) is 31.1. The summed E-state index contributed by atoms with van der Waals surface area (Å²) in [7, 11) is 0. The third kappa shape index (κ3) is 9.77. The largest absolute Gasteiger partial charge is 0.237 e. The minimum absolute atomic E-state index is 0.130. The summed E-state index contributed by atoms with van der Waals surface area (Å²) in [5.41, 5.74) is 13.6. The maximum atomic E-state index is 5.48.